The third kappa shape index (κ3) is 5.76. The highest BCUT2D eigenvalue weighted by molar-refractivity contribution is 7.99. The molecular formula is C23H32ClFN4O2S. The lowest BCUT2D eigenvalue weighted by molar-refractivity contribution is 0.138. The minimum absolute atomic E-state index is 0. The minimum Gasteiger partial charge on any atom is -0.493 e. The van der Waals surface area contributed by atoms with E-state index in [9.17, 15) is 9.18 Å². The summed E-state index contributed by atoms with van der Waals surface area (Å²) in [7, 11) is 0. The fourth-order valence-corrected chi connectivity index (χ4v) is 5.75. The fraction of sp³-hybridized carbons (Fsp3) is 0.652. The number of ether oxygens (including phenoxy) is 1. The Hall–Kier alpha value is -1.35. The first-order valence-corrected chi connectivity index (χ1v) is 12.6. The summed E-state index contributed by atoms with van der Waals surface area (Å²) in [6, 6.07) is 3.73. The smallest absolute Gasteiger partial charge is 0.261 e. The number of nitrogens with one attached hydrogen (secondary N) is 2. The van der Waals surface area contributed by atoms with Crippen LogP contribution in [0.5, 0.6) is 5.75 Å². The highest BCUT2D eigenvalue weighted by atomic mass is 35.5. The fourth-order valence-electron chi connectivity index (χ4n) is 4.67. The van der Waals surface area contributed by atoms with Gasteiger partial charge in [-0.1, -0.05) is 0 Å². The lowest BCUT2D eigenvalue weighted by Gasteiger charge is -2.39. The van der Waals surface area contributed by atoms with Crippen molar-refractivity contribution in [1.29, 1.82) is 0 Å². The van der Waals surface area contributed by atoms with E-state index in [1.165, 1.54) is 44.6 Å². The van der Waals surface area contributed by atoms with E-state index in [1.807, 2.05) is 11.8 Å². The highest BCUT2D eigenvalue weighted by Crippen LogP contribution is 2.31. The summed E-state index contributed by atoms with van der Waals surface area (Å²) >= 11 is 1.85. The van der Waals surface area contributed by atoms with Crippen LogP contribution in [0.1, 0.15) is 44.3 Å². The lowest BCUT2D eigenvalue weighted by atomic mass is 10.0. The summed E-state index contributed by atoms with van der Waals surface area (Å²) in [6.07, 6.45) is 7.19. The molecule has 176 valence electrons. The van der Waals surface area contributed by atoms with Crippen molar-refractivity contribution in [1.82, 2.24) is 20.2 Å². The first-order valence-electron chi connectivity index (χ1n) is 11.6. The molecule has 0 radical (unpaired) electrons. The molecule has 0 spiro atoms. The van der Waals surface area contributed by atoms with Crippen LogP contribution >= 0.6 is 24.2 Å². The van der Waals surface area contributed by atoms with Gasteiger partial charge in [-0.25, -0.2) is 9.37 Å². The van der Waals surface area contributed by atoms with Crippen LogP contribution in [-0.4, -0.2) is 58.9 Å². The first kappa shape index (κ1) is 23.8. The number of fused-ring (bicyclic) bond motifs is 1. The molecule has 0 amide bonds. The summed E-state index contributed by atoms with van der Waals surface area (Å²) in [6.45, 7) is 5.17. The maximum atomic E-state index is 14.5. The molecule has 2 N–H and O–H groups in total. The quantitative estimate of drug-likeness (QED) is 0.626. The Bertz CT molecular complexity index is 972. The summed E-state index contributed by atoms with van der Waals surface area (Å²) in [5, 5.41) is 4.03. The van der Waals surface area contributed by atoms with Crippen molar-refractivity contribution >= 4 is 35.1 Å². The molecule has 5 rings (SSSR count). The molecular weight excluding hydrogens is 451 g/mol. The van der Waals surface area contributed by atoms with Gasteiger partial charge in [0, 0.05) is 23.4 Å². The Morgan fingerprint density at radius 1 is 1.12 bits per heavy atom. The number of halogens is 2. The largest absolute Gasteiger partial charge is 0.493 e. The number of hydrogen-bond acceptors (Lipinski definition) is 6. The number of aromatic amines is 1. The van der Waals surface area contributed by atoms with Crippen LogP contribution in [0.25, 0.3) is 10.9 Å². The summed E-state index contributed by atoms with van der Waals surface area (Å²) < 4.78 is 20.2. The van der Waals surface area contributed by atoms with Crippen LogP contribution < -0.4 is 15.6 Å². The number of H-pyrrole nitrogens is 1. The van der Waals surface area contributed by atoms with Crippen molar-refractivity contribution in [2.75, 3.05) is 32.8 Å². The molecule has 0 bridgehead atoms. The zero-order chi connectivity index (χ0) is 21.2. The van der Waals surface area contributed by atoms with Crippen LogP contribution in [0.4, 0.5) is 4.39 Å². The van der Waals surface area contributed by atoms with Crippen molar-refractivity contribution in [2.45, 2.75) is 55.6 Å². The van der Waals surface area contributed by atoms with Crippen LogP contribution in [0, 0.1) is 11.7 Å². The van der Waals surface area contributed by atoms with Gasteiger partial charge in [0.05, 0.1) is 17.9 Å². The topological polar surface area (TPSA) is 70.2 Å². The first-order chi connectivity index (χ1) is 15.2. The molecule has 2 saturated heterocycles. The second kappa shape index (κ2) is 10.7. The summed E-state index contributed by atoms with van der Waals surface area (Å²) in [4.78, 5) is 22.5. The number of hydrogen-bond donors (Lipinski definition) is 2. The molecule has 1 saturated carbocycles. The Labute approximate surface area is 198 Å². The van der Waals surface area contributed by atoms with Crippen LogP contribution in [0.15, 0.2) is 16.9 Å². The lowest BCUT2D eigenvalue weighted by Crippen LogP contribution is -2.47. The third-order valence-corrected chi connectivity index (χ3v) is 8.11. The number of rotatable bonds is 7. The van der Waals surface area contributed by atoms with E-state index in [0.29, 0.717) is 40.6 Å². The molecule has 1 aromatic carbocycles. The van der Waals surface area contributed by atoms with Gasteiger partial charge in [-0.15, -0.1) is 12.4 Å². The van der Waals surface area contributed by atoms with E-state index in [4.69, 9.17) is 4.74 Å². The highest BCUT2D eigenvalue weighted by Gasteiger charge is 2.26. The number of nitrogens with zero attached hydrogens (tertiary/aromatic N) is 2. The molecule has 9 heteroatoms. The number of thioether (sulfide) groups is 1. The van der Waals surface area contributed by atoms with Gasteiger partial charge in [0.25, 0.3) is 5.56 Å². The van der Waals surface area contributed by atoms with Crippen LogP contribution in [0.2, 0.25) is 0 Å². The molecule has 2 aliphatic heterocycles. The van der Waals surface area contributed by atoms with E-state index >= 15 is 0 Å². The maximum Gasteiger partial charge on any atom is 0.261 e. The number of aromatic nitrogens is 2. The van der Waals surface area contributed by atoms with Gasteiger partial charge in [0.1, 0.15) is 22.8 Å². The SMILES string of the molecule is Cl.O=c1[nH]c(CSC2CCN(C3CCNCC3)CC2)nc2cc(OCC3CC3)cc(F)c12. The second-order valence-electron chi connectivity index (χ2n) is 9.09. The predicted octanol–water partition coefficient (Wildman–Crippen LogP) is 3.72. The molecule has 0 atom stereocenters. The van der Waals surface area contributed by atoms with E-state index in [1.54, 1.807) is 6.07 Å². The Morgan fingerprint density at radius 3 is 2.59 bits per heavy atom. The molecule has 32 heavy (non-hydrogen) atoms. The standard InChI is InChI=1S/C23H31FN4O2S.ClH/c24-19-11-17(30-13-15-1-2-15)12-20-22(19)23(29)27-21(26-20)14-31-18-5-9-28(10-6-18)16-3-7-25-8-4-16;/h11-12,15-16,18,25H,1-10,13-14H2,(H,26,27,29);1H. The summed E-state index contributed by atoms with van der Waals surface area (Å²) in [5.74, 6) is 1.72. The van der Waals surface area contributed by atoms with Crippen molar-refractivity contribution in [3.63, 3.8) is 0 Å². The van der Waals surface area contributed by atoms with Gasteiger partial charge in [-0.05, 0) is 70.6 Å². The van der Waals surface area contributed by atoms with Gasteiger partial charge < -0.3 is 19.9 Å². The van der Waals surface area contributed by atoms with Crippen LogP contribution in [-0.2, 0) is 5.75 Å². The second-order valence-corrected chi connectivity index (χ2v) is 10.4. The molecule has 3 fully saturated rings. The molecule has 1 aliphatic carbocycles. The maximum absolute atomic E-state index is 14.5. The monoisotopic (exact) mass is 482 g/mol. The Balaban J connectivity index is 0.00000245. The summed E-state index contributed by atoms with van der Waals surface area (Å²) in [5.41, 5.74) is -0.0292. The molecule has 3 aliphatic rings. The average Bonchev–Trinajstić information content (AvgIpc) is 3.61. The predicted molar refractivity (Wildman–Crippen MR) is 130 cm³/mol. The van der Waals surface area contributed by atoms with Crippen molar-refractivity contribution in [3.8, 4) is 5.75 Å². The molecule has 6 nitrogen and oxygen atoms in total. The average molecular weight is 483 g/mol. The van der Waals surface area contributed by atoms with Crippen LogP contribution in [0.3, 0.4) is 0 Å². The van der Waals surface area contributed by atoms with Gasteiger partial charge in [-0.3, -0.25) is 4.79 Å². The number of piperidine rings is 2. The molecule has 3 heterocycles. The minimum atomic E-state index is -0.568. The Morgan fingerprint density at radius 2 is 1.88 bits per heavy atom. The zero-order valence-corrected chi connectivity index (χ0v) is 19.9. The van der Waals surface area contributed by atoms with Crippen molar-refractivity contribution in [2.24, 2.45) is 5.92 Å². The third-order valence-electron chi connectivity index (χ3n) is 6.72. The van der Waals surface area contributed by atoms with E-state index in [-0.39, 0.29) is 17.8 Å². The van der Waals surface area contributed by atoms with Crippen molar-refractivity contribution in [3.05, 3.63) is 34.1 Å². The molecule has 2 aromatic rings. The van der Waals surface area contributed by atoms with Crippen molar-refractivity contribution < 1.29 is 9.13 Å². The van der Waals surface area contributed by atoms with Gasteiger partial charge >= 0.3 is 0 Å². The van der Waals surface area contributed by atoms with Gasteiger partial charge in [0.15, 0.2) is 0 Å². The van der Waals surface area contributed by atoms with E-state index in [2.05, 4.69) is 20.2 Å². The Kier molecular flexibility index (Phi) is 7.97. The van der Waals surface area contributed by atoms with E-state index in [0.717, 1.165) is 32.2 Å². The number of likely N-dealkylation sites (tertiary alicyclic amines) is 1. The van der Waals surface area contributed by atoms with Gasteiger partial charge in [0.2, 0.25) is 0 Å². The van der Waals surface area contributed by atoms with Gasteiger partial charge in [-0.2, -0.15) is 11.8 Å². The normalized spacial score (nSPS) is 20.9. The van der Waals surface area contributed by atoms with E-state index < -0.39 is 11.4 Å². The molecule has 0 unspecified atom stereocenters. The molecule has 1 aromatic heterocycles. The number of benzene rings is 1. The zero-order valence-electron chi connectivity index (χ0n) is 18.3.